The standard InChI is InChI=1S/C14H20F2N2O/c1-18(9-14(19)4-2-3-5-14)13-11(15)6-10(8-17)7-12(13)16/h6-7,19H,2-5,8-9,17H2,1H3. The van der Waals surface area contributed by atoms with Gasteiger partial charge in [-0.05, 0) is 30.5 Å². The zero-order valence-electron chi connectivity index (χ0n) is 11.1. The fraction of sp³-hybridized carbons (Fsp3) is 0.571. The second-order valence-corrected chi connectivity index (χ2v) is 5.40. The molecule has 0 atom stereocenters. The number of likely N-dealkylation sites (N-methyl/N-ethyl adjacent to an activating group) is 1. The summed E-state index contributed by atoms with van der Waals surface area (Å²) in [6, 6.07) is 2.49. The molecule has 0 saturated heterocycles. The number of aliphatic hydroxyl groups is 1. The van der Waals surface area contributed by atoms with E-state index in [1.165, 1.54) is 17.0 Å². The van der Waals surface area contributed by atoms with Crippen LogP contribution in [0, 0.1) is 11.6 Å². The van der Waals surface area contributed by atoms with Crippen LogP contribution in [0.5, 0.6) is 0 Å². The van der Waals surface area contributed by atoms with Crippen LogP contribution in [0.2, 0.25) is 0 Å². The Morgan fingerprint density at radius 2 is 1.79 bits per heavy atom. The molecule has 1 aliphatic carbocycles. The molecule has 0 radical (unpaired) electrons. The van der Waals surface area contributed by atoms with Crippen molar-refractivity contribution in [2.75, 3.05) is 18.5 Å². The fourth-order valence-electron chi connectivity index (χ4n) is 2.81. The van der Waals surface area contributed by atoms with Crippen LogP contribution in [0.4, 0.5) is 14.5 Å². The fourth-order valence-corrected chi connectivity index (χ4v) is 2.81. The molecule has 0 bridgehead atoms. The molecule has 1 aliphatic rings. The Hall–Kier alpha value is -1.20. The third-order valence-electron chi connectivity index (χ3n) is 3.76. The summed E-state index contributed by atoms with van der Waals surface area (Å²) in [6.45, 7) is 0.338. The minimum absolute atomic E-state index is 0.0990. The van der Waals surface area contributed by atoms with Crippen molar-refractivity contribution in [2.24, 2.45) is 5.73 Å². The van der Waals surface area contributed by atoms with Crippen LogP contribution in [-0.4, -0.2) is 24.3 Å². The van der Waals surface area contributed by atoms with Crippen molar-refractivity contribution in [3.05, 3.63) is 29.3 Å². The van der Waals surface area contributed by atoms with Crippen LogP contribution in [0.25, 0.3) is 0 Å². The van der Waals surface area contributed by atoms with Crippen molar-refractivity contribution in [3.8, 4) is 0 Å². The molecule has 1 saturated carbocycles. The van der Waals surface area contributed by atoms with Crippen LogP contribution in [0.1, 0.15) is 31.2 Å². The van der Waals surface area contributed by atoms with E-state index >= 15 is 0 Å². The smallest absolute Gasteiger partial charge is 0.149 e. The van der Waals surface area contributed by atoms with Crippen molar-refractivity contribution in [1.82, 2.24) is 0 Å². The average Bonchev–Trinajstić information content (AvgIpc) is 2.74. The number of benzene rings is 1. The first-order valence-electron chi connectivity index (χ1n) is 6.57. The second kappa shape index (κ2) is 5.43. The zero-order chi connectivity index (χ0) is 14.0. The van der Waals surface area contributed by atoms with Crippen molar-refractivity contribution >= 4 is 5.69 Å². The number of rotatable bonds is 4. The molecule has 1 aromatic rings. The molecule has 0 aromatic heterocycles. The third kappa shape index (κ3) is 3.04. The monoisotopic (exact) mass is 270 g/mol. The molecule has 5 heteroatoms. The van der Waals surface area contributed by atoms with E-state index in [-0.39, 0.29) is 18.8 Å². The first-order chi connectivity index (χ1) is 8.95. The number of nitrogens with two attached hydrogens (primary N) is 1. The number of nitrogens with zero attached hydrogens (tertiary/aromatic N) is 1. The minimum Gasteiger partial charge on any atom is -0.388 e. The molecule has 0 heterocycles. The van der Waals surface area contributed by atoms with Gasteiger partial charge < -0.3 is 15.7 Å². The highest BCUT2D eigenvalue weighted by molar-refractivity contribution is 5.50. The lowest BCUT2D eigenvalue weighted by atomic mass is 10.0. The summed E-state index contributed by atoms with van der Waals surface area (Å²) in [7, 11) is 1.60. The van der Waals surface area contributed by atoms with Crippen LogP contribution in [0.15, 0.2) is 12.1 Å². The highest BCUT2D eigenvalue weighted by atomic mass is 19.1. The van der Waals surface area contributed by atoms with Gasteiger partial charge in [-0.25, -0.2) is 8.78 Å². The molecule has 3 N–H and O–H groups in total. The van der Waals surface area contributed by atoms with Gasteiger partial charge in [-0.2, -0.15) is 0 Å². The van der Waals surface area contributed by atoms with Gasteiger partial charge in [0.1, 0.15) is 17.3 Å². The predicted octanol–water partition coefficient (Wildman–Crippen LogP) is 2.16. The largest absolute Gasteiger partial charge is 0.388 e. The molecular formula is C14H20F2N2O. The molecule has 19 heavy (non-hydrogen) atoms. The van der Waals surface area contributed by atoms with Gasteiger partial charge in [-0.1, -0.05) is 12.8 Å². The number of hydrogen-bond acceptors (Lipinski definition) is 3. The summed E-state index contributed by atoms with van der Waals surface area (Å²) < 4.78 is 27.9. The van der Waals surface area contributed by atoms with Gasteiger partial charge in [0.15, 0.2) is 0 Å². The lowest BCUT2D eigenvalue weighted by Crippen LogP contribution is -2.40. The van der Waals surface area contributed by atoms with E-state index in [2.05, 4.69) is 0 Å². The summed E-state index contributed by atoms with van der Waals surface area (Å²) in [6.07, 6.45) is 3.28. The van der Waals surface area contributed by atoms with Crippen molar-refractivity contribution < 1.29 is 13.9 Å². The Morgan fingerprint density at radius 1 is 1.26 bits per heavy atom. The molecule has 3 nitrogen and oxygen atoms in total. The summed E-state index contributed by atoms with van der Waals surface area (Å²) >= 11 is 0. The maximum absolute atomic E-state index is 13.9. The summed E-state index contributed by atoms with van der Waals surface area (Å²) in [5, 5.41) is 10.3. The molecule has 2 rings (SSSR count). The Kier molecular flexibility index (Phi) is 4.06. The Balaban J connectivity index is 2.21. The molecule has 1 aromatic carbocycles. The minimum atomic E-state index is -0.833. The summed E-state index contributed by atoms with van der Waals surface area (Å²) in [4.78, 5) is 1.45. The van der Waals surface area contributed by atoms with Gasteiger partial charge in [0, 0.05) is 20.1 Å². The Bertz CT molecular complexity index is 436. The second-order valence-electron chi connectivity index (χ2n) is 5.40. The van der Waals surface area contributed by atoms with E-state index < -0.39 is 17.2 Å². The van der Waals surface area contributed by atoms with Crippen molar-refractivity contribution in [1.29, 1.82) is 0 Å². The molecule has 106 valence electrons. The molecule has 0 unspecified atom stereocenters. The van der Waals surface area contributed by atoms with Gasteiger partial charge in [-0.15, -0.1) is 0 Å². The van der Waals surface area contributed by atoms with Gasteiger partial charge in [0.25, 0.3) is 0 Å². The van der Waals surface area contributed by atoms with E-state index in [9.17, 15) is 13.9 Å². The highest BCUT2D eigenvalue weighted by Crippen LogP contribution is 2.32. The first-order valence-corrected chi connectivity index (χ1v) is 6.57. The van der Waals surface area contributed by atoms with Crippen LogP contribution >= 0.6 is 0 Å². The Labute approximate surface area is 112 Å². The maximum atomic E-state index is 13.9. The quantitative estimate of drug-likeness (QED) is 0.881. The van der Waals surface area contributed by atoms with E-state index in [0.29, 0.717) is 18.4 Å². The van der Waals surface area contributed by atoms with Gasteiger partial charge >= 0.3 is 0 Å². The van der Waals surface area contributed by atoms with E-state index in [0.717, 1.165) is 12.8 Å². The lowest BCUT2D eigenvalue weighted by Gasteiger charge is -2.30. The third-order valence-corrected chi connectivity index (χ3v) is 3.76. The van der Waals surface area contributed by atoms with Crippen LogP contribution in [0.3, 0.4) is 0 Å². The van der Waals surface area contributed by atoms with E-state index in [1.807, 2.05) is 0 Å². The van der Waals surface area contributed by atoms with Gasteiger partial charge in [0.2, 0.25) is 0 Å². The maximum Gasteiger partial charge on any atom is 0.149 e. The van der Waals surface area contributed by atoms with Crippen LogP contribution in [-0.2, 0) is 6.54 Å². The normalized spacial score (nSPS) is 17.7. The Morgan fingerprint density at radius 3 is 2.26 bits per heavy atom. The predicted molar refractivity (Wildman–Crippen MR) is 70.9 cm³/mol. The van der Waals surface area contributed by atoms with Crippen molar-refractivity contribution in [2.45, 2.75) is 37.8 Å². The molecule has 0 spiro atoms. The first kappa shape index (κ1) is 14.2. The lowest BCUT2D eigenvalue weighted by molar-refractivity contribution is 0.0557. The molecule has 0 amide bonds. The van der Waals surface area contributed by atoms with E-state index in [4.69, 9.17) is 5.73 Å². The SMILES string of the molecule is CN(CC1(O)CCCC1)c1c(F)cc(CN)cc1F. The molecular weight excluding hydrogens is 250 g/mol. The summed E-state index contributed by atoms with van der Waals surface area (Å²) in [5.74, 6) is -1.27. The average molecular weight is 270 g/mol. The number of hydrogen-bond donors (Lipinski definition) is 2. The van der Waals surface area contributed by atoms with Crippen molar-refractivity contribution in [3.63, 3.8) is 0 Å². The van der Waals surface area contributed by atoms with E-state index in [1.54, 1.807) is 7.05 Å². The topological polar surface area (TPSA) is 49.5 Å². The molecule has 1 fully saturated rings. The van der Waals surface area contributed by atoms with Crippen LogP contribution < -0.4 is 10.6 Å². The zero-order valence-corrected chi connectivity index (χ0v) is 11.1. The number of halogens is 2. The summed E-state index contributed by atoms with van der Waals surface area (Å²) in [5.41, 5.74) is 4.87. The van der Waals surface area contributed by atoms with Gasteiger partial charge in [-0.3, -0.25) is 0 Å². The highest BCUT2D eigenvalue weighted by Gasteiger charge is 2.33. The number of anilines is 1. The van der Waals surface area contributed by atoms with Gasteiger partial charge in [0.05, 0.1) is 5.60 Å². The molecule has 0 aliphatic heterocycles.